The molecule has 5 nitrogen and oxygen atoms in total. The standard InChI is InChI=1S/C14H28N2O3/c1-11(9-14(2,15-3)13(17)18)16(4)10-12-7-5-6-8-19-12/h11-12,15H,5-10H2,1-4H3,(H,17,18). The van der Waals surface area contributed by atoms with Gasteiger partial charge in [0.2, 0.25) is 0 Å². The fraction of sp³-hybridized carbons (Fsp3) is 0.929. The van der Waals surface area contributed by atoms with Crippen LogP contribution in [0.3, 0.4) is 0 Å². The van der Waals surface area contributed by atoms with Crippen molar-refractivity contribution in [3.05, 3.63) is 0 Å². The van der Waals surface area contributed by atoms with Crippen LogP contribution in [0, 0.1) is 0 Å². The van der Waals surface area contributed by atoms with Gasteiger partial charge >= 0.3 is 5.97 Å². The lowest BCUT2D eigenvalue weighted by Gasteiger charge is -2.35. The van der Waals surface area contributed by atoms with Crippen molar-refractivity contribution in [1.29, 1.82) is 0 Å². The lowest BCUT2D eigenvalue weighted by Crippen LogP contribution is -2.52. The number of aliphatic carboxylic acids is 1. The molecule has 2 N–H and O–H groups in total. The molecule has 0 aromatic rings. The van der Waals surface area contributed by atoms with E-state index in [0.29, 0.717) is 12.5 Å². The molecule has 0 aromatic carbocycles. The van der Waals surface area contributed by atoms with E-state index in [1.165, 1.54) is 6.42 Å². The summed E-state index contributed by atoms with van der Waals surface area (Å²) in [5, 5.41) is 12.2. The van der Waals surface area contributed by atoms with Gasteiger partial charge in [0.05, 0.1) is 6.10 Å². The summed E-state index contributed by atoms with van der Waals surface area (Å²) in [5.74, 6) is -0.802. The highest BCUT2D eigenvalue weighted by Crippen LogP contribution is 2.18. The molecule has 1 saturated heterocycles. The van der Waals surface area contributed by atoms with Crippen LogP contribution in [-0.4, -0.2) is 60.9 Å². The third kappa shape index (κ3) is 4.75. The predicted octanol–water partition coefficient (Wildman–Crippen LogP) is 1.33. The Morgan fingerprint density at radius 3 is 2.74 bits per heavy atom. The average molecular weight is 272 g/mol. The molecule has 1 fully saturated rings. The molecule has 0 aliphatic carbocycles. The summed E-state index contributed by atoms with van der Waals surface area (Å²) in [7, 11) is 3.74. The maximum absolute atomic E-state index is 11.3. The zero-order valence-electron chi connectivity index (χ0n) is 12.6. The van der Waals surface area contributed by atoms with Gasteiger partial charge in [0.25, 0.3) is 0 Å². The first-order chi connectivity index (χ1) is 8.89. The van der Waals surface area contributed by atoms with Crippen LogP contribution in [0.1, 0.15) is 39.5 Å². The average Bonchev–Trinajstić information content (AvgIpc) is 2.39. The van der Waals surface area contributed by atoms with Gasteiger partial charge in [0, 0.05) is 19.2 Å². The van der Waals surface area contributed by atoms with Crippen molar-refractivity contribution >= 4 is 5.97 Å². The van der Waals surface area contributed by atoms with Gasteiger partial charge in [-0.2, -0.15) is 0 Å². The topological polar surface area (TPSA) is 61.8 Å². The molecule has 1 heterocycles. The highest BCUT2D eigenvalue weighted by atomic mass is 16.5. The summed E-state index contributed by atoms with van der Waals surface area (Å²) < 4.78 is 5.73. The van der Waals surface area contributed by atoms with Crippen molar-refractivity contribution in [2.75, 3.05) is 27.2 Å². The summed E-state index contributed by atoms with van der Waals surface area (Å²) in [6.45, 7) is 5.54. The number of carboxylic acids is 1. The Hall–Kier alpha value is -0.650. The van der Waals surface area contributed by atoms with Crippen LogP contribution in [0.2, 0.25) is 0 Å². The molecule has 1 aliphatic heterocycles. The van der Waals surface area contributed by atoms with E-state index >= 15 is 0 Å². The Kier molecular flexibility index (Phi) is 6.23. The second kappa shape index (κ2) is 7.22. The van der Waals surface area contributed by atoms with Gasteiger partial charge in [0.15, 0.2) is 0 Å². The van der Waals surface area contributed by atoms with Crippen molar-refractivity contribution in [3.63, 3.8) is 0 Å². The van der Waals surface area contributed by atoms with Crippen LogP contribution in [0.5, 0.6) is 0 Å². The largest absolute Gasteiger partial charge is 0.480 e. The zero-order chi connectivity index (χ0) is 14.5. The molecule has 0 amide bonds. The number of likely N-dealkylation sites (N-methyl/N-ethyl adjacent to an activating group) is 2. The molecule has 3 atom stereocenters. The normalized spacial score (nSPS) is 25.0. The van der Waals surface area contributed by atoms with Crippen molar-refractivity contribution < 1.29 is 14.6 Å². The molecule has 19 heavy (non-hydrogen) atoms. The van der Waals surface area contributed by atoms with Gasteiger partial charge in [-0.1, -0.05) is 0 Å². The maximum atomic E-state index is 11.3. The number of rotatable bonds is 7. The predicted molar refractivity (Wildman–Crippen MR) is 75.4 cm³/mol. The van der Waals surface area contributed by atoms with E-state index in [-0.39, 0.29) is 6.04 Å². The first-order valence-corrected chi connectivity index (χ1v) is 7.13. The lowest BCUT2D eigenvalue weighted by molar-refractivity contribution is -0.144. The Bertz CT molecular complexity index is 292. The summed E-state index contributed by atoms with van der Waals surface area (Å²) in [6, 6.07) is 0.194. The fourth-order valence-electron chi connectivity index (χ4n) is 2.50. The second-order valence-corrected chi connectivity index (χ2v) is 5.87. The van der Waals surface area contributed by atoms with E-state index in [4.69, 9.17) is 4.74 Å². The van der Waals surface area contributed by atoms with Gasteiger partial charge in [-0.25, -0.2) is 0 Å². The van der Waals surface area contributed by atoms with Crippen molar-refractivity contribution in [3.8, 4) is 0 Å². The number of carboxylic acid groups (broad SMARTS) is 1. The van der Waals surface area contributed by atoms with E-state index in [9.17, 15) is 9.90 Å². The van der Waals surface area contributed by atoms with Gasteiger partial charge in [-0.15, -0.1) is 0 Å². The minimum atomic E-state index is -0.874. The van der Waals surface area contributed by atoms with E-state index in [0.717, 1.165) is 26.0 Å². The number of carbonyl (C=O) groups is 1. The van der Waals surface area contributed by atoms with Crippen molar-refractivity contribution in [2.24, 2.45) is 0 Å². The summed E-state index contributed by atoms with van der Waals surface area (Å²) in [5.41, 5.74) is -0.874. The molecule has 5 heteroatoms. The quantitative estimate of drug-likeness (QED) is 0.732. The minimum Gasteiger partial charge on any atom is -0.480 e. The Morgan fingerprint density at radius 2 is 2.26 bits per heavy atom. The SMILES string of the molecule is CNC(C)(CC(C)N(C)CC1CCCCO1)C(=O)O. The molecule has 1 aliphatic rings. The van der Waals surface area contributed by atoms with Gasteiger partial charge in [0.1, 0.15) is 5.54 Å². The molecular weight excluding hydrogens is 244 g/mol. The molecule has 0 saturated carbocycles. The maximum Gasteiger partial charge on any atom is 0.323 e. The number of hydrogen-bond donors (Lipinski definition) is 2. The molecule has 0 aromatic heterocycles. The van der Waals surface area contributed by atoms with Gasteiger partial charge < -0.3 is 20.1 Å². The molecule has 112 valence electrons. The first kappa shape index (κ1) is 16.4. The molecule has 3 unspecified atom stereocenters. The summed E-state index contributed by atoms with van der Waals surface area (Å²) in [4.78, 5) is 13.5. The fourth-order valence-corrected chi connectivity index (χ4v) is 2.50. The number of nitrogens with zero attached hydrogens (tertiary/aromatic N) is 1. The molecule has 0 radical (unpaired) electrons. The van der Waals surface area contributed by atoms with Crippen LogP contribution in [0.15, 0.2) is 0 Å². The number of hydrogen-bond acceptors (Lipinski definition) is 4. The van der Waals surface area contributed by atoms with E-state index < -0.39 is 11.5 Å². The first-order valence-electron chi connectivity index (χ1n) is 7.13. The van der Waals surface area contributed by atoms with Crippen LogP contribution in [0.25, 0.3) is 0 Å². The van der Waals surface area contributed by atoms with E-state index in [1.54, 1.807) is 14.0 Å². The smallest absolute Gasteiger partial charge is 0.323 e. The molecule has 1 rings (SSSR count). The third-order valence-corrected chi connectivity index (χ3v) is 4.25. The van der Waals surface area contributed by atoms with Gasteiger partial charge in [-0.3, -0.25) is 4.79 Å². The van der Waals surface area contributed by atoms with Crippen LogP contribution in [-0.2, 0) is 9.53 Å². The van der Waals surface area contributed by atoms with E-state index in [1.807, 2.05) is 7.05 Å². The monoisotopic (exact) mass is 272 g/mol. The van der Waals surface area contributed by atoms with Crippen molar-refractivity contribution in [2.45, 2.75) is 57.2 Å². The number of ether oxygens (including phenoxy) is 1. The molecule has 0 spiro atoms. The lowest BCUT2D eigenvalue weighted by atomic mass is 9.93. The Labute approximate surface area is 116 Å². The highest BCUT2D eigenvalue weighted by molar-refractivity contribution is 5.78. The summed E-state index contributed by atoms with van der Waals surface area (Å²) >= 11 is 0. The molecular formula is C14H28N2O3. The highest BCUT2D eigenvalue weighted by Gasteiger charge is 2.34. The molecule has 0 bridgehead atoms. The zero-order valence-corrected chi connectivity index (χ0v) is 12.6. The Balaban J connectivity index is 2.46. The van der Waals surface area contributed by atoms with Crippen LogP contribution >= 0.6 is 0 Å². The van der Waals surface area contributed by atoms with E-state index in [2.05, 4.69) is 17.1 Å². The van der Waals surface area contributed by atoms with Crippen LogP contribution in [0.4, 0.5) is 0 Å². The third-order valence-electron chi connectivity index (χ3n) is 4.25. The van der Waals surface area contributed by atoms with Crippen LogP contribution < -0.4 is 5.32 Å². The Morgan fingerprint density at radius 1 is 1.58 bits per heavy atom. The van der Waals surface area contributed by atoms with Crippen molar-refractivity contribution in [1.82, 2.24) is 10.2 Å². The minimum absolute atomic E-state index is 0.194. The second-order valence-electron chi connectivity index (χ2n) is 5.87. The summed E-state index contributed by atoms with van der Waals surface area (Å²) in [6.07, 6.45) is 4.37. The van der Waals surface area contributed by atoms with Gasteiger partial charge in [-0.05, 0) is 53.6 Å². The number of nitrogens with one attached hydrogen (secondary N) is 1.